The van der Waals surface area contributed by atoms with Crippen LogP contribution in [0.1, 0.15) is 16.7 Å². The molecule has 1 heterocycles. The molecule has 0 spiro atoms. The lowest BCUT2D eigenvalue weighted by Crippen LogP contribution is -2.28. The van der Waals surface area contributed by atoms with Crippen LogP contribution in [0.25, 0.3) is 6.08 Å². The molecule has 1 aliphatic rings. The van der Waals surface area contributed by atoms with Gasteiger partial charge in [0.05, 0.1) is 31.4 Å². The lowest BCUT2D eigenvalue weighted by atomic mass is 10.1. The molecule has 1 aliphatic heterocycles. The molecule has 162 valence electrons. The summed E-state index contributed by atoms with van der Waals surface area (Å²) in [6.45, 7) is 2.48. The minimum atomic E-state index is -0.0883. The van der Waals surface area contributed by atoms with Crippen molar-refractivity contribution in [2.45, 2.75) is 13.5 Å². The molecule has 1 fully saturated rings. The van der Waals surface area contributed by atoms with Gasteiger partial charge in [-0.2, -0.15) is 0 Å². The Balaban J connectivity index is 1.73. The molecule has 3 aromatic carbocycles. The Labute approximate surface area is 192 Å². The summed E-state index contributed by atoms with van der Waals surface area (Å²) >= 11 is 1.36. The van der Waals surface area contributed by atoms with Crippen LogP contribution in [0.4, 0.5) is 5.69 Å². The van der Waals surface area contributed by atoms with Crippen LogP contribution in [0.2, 0.25) is 0 Å². The van der Waals surface area contributed by atoms with Crippen LogP contribution in [-0.2, 0) is 11.3 Å². The van der Waals surface area contributed by atoms with Crippen molar-refractivity contribution in [2.24, 2.45) is 4.99 Å². The normalized spacial score (nSPS) is 16.1. The lowest BCUT2D eigenvalue weighted by Gasteiger charge is -2.15. The van der Waals surface area contributed by atoms with E-state index in [2.05, 4.69) is 0 Å². The number of aliphatic imine (C=N–C) groups is 1. The predicted octanol–water partition coefficient (Wildman–Crippen LogP) is 5.82. The second-order valence-electron chi connectivity index (χ2n) is 7.30. The number of rotatable bonds is 6. The van der Waals surface area contributed by atoms with Crippen LogP contribution >= 0.6 is 11.8 Å². The predicted molar refractivity (Wildman–Crippen MR) is 130 cm³/mol. The van der Waals surface area contributed by atoms with E-state index in [4.69, 9.17) is 14.5 Å². The van der Waals surface area contributed by atoms with Crippen molar-refractivity contribution in [3.05, 3.63) is 94.4 Å². The Morgan fingerprint density at radius 3 is 2.38 bits per heavy atom. The Morgan fingerprint density at radius 2 is 1.69 bits per heavy atom. The van der Waals surface area contributed by atoms with Crippen LogP contribution in [0.15, 0.2) is 82.7 Å². The standard InChI is InChI=1S/C26H24N2O3S/c1-18-12-14-21(15-13-18)27-26-28(17-19-8-5-4-6-9-19)25(29)23(32-26)16-20-10-7-11-22(30-2)24(20)31-3/h4-16H,17H2,1-3H3/b23-16-,27-26?. The zero-order valence-electron chi connectivity index (χ0n) is 18.2. The highest BCUT2D eigenvalue weighted by Crippen LogP contribution is 2.38. The van der Waals surface area contributed by atoms with Gasteiger partial charge in [0, 0.05) is 5.56 Å². The second kappa shape index (κ2) is 9.75. The molecule has 3 aromatic rings. The van der Waals surface area contributed by atoms with Gasteiger partial charge >= 0.3 is 0 Å². The highest BCUT2D eigenvalue weighted by atomic mass is 32.2. The summed E-state index contributed by atoms with van der Waals surface area (Å²) in [6, 6.07) is 23.5. The molecule has 0 unspecified atom stereocenters. The fraction of sp³-hybridized carbons (Fsp3) is 0.154. The third-order valence-electron chi connectivity index (χ3n) is 5.05. The smallest absolute Gasteiger partial charge is 0.267 e. The highest BCUT2D eigenvalue weighted by Gasteiger charge is 2.33. The first-order valence-electron chi connectivity index (χ1n) is 10.2. The van der Waals surface area contributed by atoms with Crippen molar-refractivity contribution in [1.82, 2.24) is 4.90 Å². The number of hydrogen-bond donors (Lipinski definition) is 0. The largest absolute Gasteiger partial charge is 0.493 e. The summed E-state index contributed by atoms with van der Waals surface area (Å²) in [5, 5.41) is 0.649. The number of hydrogen-bond acceptors (Lipinski definition) is 5. The van der Waals surface area contributed by atoms with Gasteiger partial charge in [-0.05, 0) is 48.5 Å². The fourth-order valence-electron chi connectivity index (χ4n) is 3.39. The van der Waals surface area contributed by atoms with Gasteiger partial charge in [0.15, 0.2) is 16.7 Å². The summed E-state index contributed by atoms with van der Waals surface area (Å²) < 4.78 is 10.9. The van der Waals surface area contributed by atoms with Crippen LogP contribution in [0.5, 0.6) is 11.5 Å². The van der Waals surface area contributed by atoms with E-state index in [0.717, 1.165) is 22.4 Å². The van der Waals surface area contributed by atoms with Gasteiger partial charge in [0.2, 0.25) is 0 Å². The number of aryl methyl sites for hydroxylation is 1. The molecule has 0 aromatic heterocycles. The maximum Gasteiger partial charge on any atom is 0.267 e. The number of amidine groups is 1. The number of thioether (sulfide) groups is 1. The number of methoxy groups -OCH3 is 2. The van der Waals surface area contributed by atoms with Crippen molar-refractivity contribution in [3.63, 3.8) is 0 Å². The van der Waals surface area contributed by atoms with Crippen molar-refractivity contribution in [1.29, 1.82) is 0 Å². The maximum absolute atomic E-state index is 13.4. The molecule has 4 rings (SSSR count). The van der Waals surface area contributed by atoms with Crippen molar-refractivity contribution >= 4 is 34.6 Å². The van der Waals surface area contributed by atoms with Crippen LogP contribution < -0.4 is 9.47 Å². The van der Waals surface area contributed by atoms with Crippen LogP contribution in [-0.4, -0.2) is 30.2 Å². The van der Waals surface area contributed by atoms with Gasteiger partial charge in [-0.1, -0.05) is 60.2 Å². The van der Waals surface area contributed by atoms with E-state index in [9.17, 15) is 4.79 Å². The molecule has 0 saturated carbocycles. The van der Waals surface area contributed by atoms with Crippen LogP contribution in [0.3, 0.4) is 0 Å². The molecule has 0 radical (unpaired) electrons. The first-order chi connectivity index (χ1) is 15.6. The Bertz CT molecular complexity index is 1170. The van der Waals surface area contributed by atoms with Crippen LogP contribution in [0, 0.1) is 6.92 Å². The summed E-state index contributed by atoms with van der Waals surface area (Å²) in [4.78, 5) is 20.5. The first-order valence-corrected chi connectivity index (χ1v) is 11.0. The number of carbonyl (C=O) groups is 1. The Morgan fingerprint density at radius 1 is 0.938 bits per heavy atom. The zero-order valence-corrected chi connectivity index (χ0v) is 19.1. The molecule has 0 atom stereocenters. The molecule has 6 heteroatoms. The number of para-hydroxylation sites is 1. The Hall–Kier alpha value is -3.51. The average molecular weight is 445 g/mol. The van der Waals surface area contributed by atoms with E-state index in [-0.39, 0.29) is 5.91 Å². The topological polar surface area (TPSA) is 51.1 Å². The van der Waals surface area contributed by atoms with Gasteiger partial charge in [-0.3, -0.25) is 9.69 Å². The van der Waals surface area contributed by atoms with E-state index in [1.807, 2.05) is 85.8 Å². The minimum Gasteiger partial charge on any atom is -0.493 e. The second-order valence-corrected chi connectivity index (χ2v) is 8.31. The molecule has 0 aliphatic carbocycles. The van der Waals surface area contributed by atoms with Crippen molar-refractivity contribution in [3.8, 4) is 11.5 Å². The number of ether oxygens (including phenoxy) is 2. The van der Waals surface area contributed by atoms with Gasteiger partial charge in [0.1, 0.15) is 0 Å². The highest BCUT2D eigenvalue weighted by molar-refractivity contribution is 8.18. The van der Waals surface area contributed by atoms with E-state index in [1.54, 1.807) is 19.1 Å². The zero-order chi connectivity index (χ0) is 22.5. The number of benzene rings is 3. The Kier molecular flexibility index (Phi) is 6.61. The molecule has 1 saturated heterocycles. The summed E-state index contributed by atoms with van der Waals surface area (Å²) in [7, 11) is 3.19. The molecule has 32 heavy (non-hydrogen) atoms. The monoisotopic (exact) mass is 444 g/mol. The summed E-state index contributed by atoms with van der Waals surface area (Å²) in [5.41, 5.74) is 3.79. The SMILES string of the molecule is COc1cccc(/C=C2\SC(=Nc3ccc(C)cc3)N(Cc3ccccc3)C2=O)c1OC. The van der Waals surface area contributed by atoms with E-state index in [1.165, 1.54) is 11.8 Å². The average Bonchev–Trinajstić information content (AvgIpc) is 3.09. The minimum absolute atomic E-state index is 0.0883. The molecule has 0 bridgehead atoms. The number of amides is 1. The summed E-state index contributed by atoms with van der Waals surface area (Å²) in [6.07, 6.45) is 1.84. The summed E-state index contributed by atoms with van der Waals surface area (Å²) in [5.74, 6) is 1.12. The van der Waals surface area contributed by atoms with E-state index < -0.39 is 0 Å². The quantitative estimate of drug-likeness (QED) is 0.450. The van der Waals surface area contributed by atoms with Gasteiger partial charge in [-0.25, -0.2) is 4.99 Å². The van der Waals surface area contributed by atoms with Gasteiger partial charge in [0.25, 0.3) is 5.91 Å². The molecule has 5 nitrogen and oxygen atoms in total. The third kappa shape index (κ3) is 4.70. The molecule has 0 N–H and O–H groups in total. The number of nitrogens with zero attached hydrogens (tertiary/aromatic N) is 2. The molecule has 1 amide bonds. The van der Waals surface area contributed by atoms with Gasteiger partial charge in [-0.15, -0.1) is 0 Å². The lowest BCUT2D eigenvalue weighted by molar-refractivity contribution is -0.122. The van der Waals surface area contributed by atoms with E-state index in [0.29, 0.717) is 28.1 Å². The maximum atomic E-state index is 13.4. The molecular formula is C26H24N2O3S. The van der Waals surface area contributed by atoms with E-state index >= 15 is 0 Å². The number of carbonyl (C=O) groups excluding carboxylic acids is 1. The first kappa shape index (κ1) is 21.7. The van der Waals surface area contributed by atoms with Crippen molar-refractivity contribution in [2.75, 3.05) is 14.2 Å². The van der Waals surface area contributed by atoms with Crippen molar-refractivity contribution < 1.29 is 14.3 Å². The molecular weight excluding hydrogens is 420 g/mol. The fourth-order valence-corrected chi connectivity index (χ4v) is 4.38. The van der Waals surface area contributed by atoms with Gasteiger partial charge < -0.3 is 9.47 Å². The third-order valence-corrected chi connectivity index (χ3v) is 6.06.